The van der Waals surface area contributed by atoms with Crippen molar-refractivity contribution in [3.63, 3.8) is 0 Å². The average molecular weight is 297 g/mol. The van der Waals surface area contributed by atoms with Crippen LogP contribution in [0.3, 0.4) is 0 Å². The van der Waals surface area contributed by atoms with Gasteiger partial charge in [0.2, 0.25) is 0 Å². The number of benzene rings is 1. The third kappa shape index (κ3) is 3.05. The van der Waals surface area contributed by atoms with Gasteiger partial charge in [0.1, 0.15) is 5.02 Å². The van der Waals surface area contributed by atoms with E-state index in [0.717, 1.165) is 11.3 Å². The van der Waals surface area contributed by atoms with Gasteiger partial charge >= 0.3 is 0 Å². The molecule has 1 aromatic carbocycles. The number of nitro groups is 1. The highest BCUT2D eigenvalue weighted by molar-refractivity contribution is 7.08. The molecule has 0 saturated carbocycles. The second-order valence-corrected chi connectivity index (χ2v) is 5.49. The second-order valence-electron chi connectivity index (χ2n) is 4.30. The summed E-state index contributed by atoms with van der Waals surface area (Å²) >= 11 is 7.56. The fourth-order valence-electron chi connectivity index (χ4n) is 1.80. The molecule has 1 aromatic heterocycles. The average Bonchev–Trinajstić information content (AvgIpc) is 2.86. The van der Waals surface area contributed by atoms with E-state index < -0.39 is 4.92 Å². The van der Waals surface area contributed by atoms with Gasteiger partial charge in [0.25, 0.3) is 5.69 Å². The smallest absolute Gasteiger partial charge is 0.288 e. The number of anilines is 1. The summed E-state index contributed by atoms with van der Waals surface area (Å²) in [4.78, 5) is 10.3. The van der Waals surface area contributed by atoms with Gasteiger partial charge in [-0.3, -0.25) is 10.1 Å². The van der Waals surface area contributed by atoms with E-state index in [4.69, 9.17) is 11.6 Å². The topological polar surface area (TPSA) is 55.2 Å². The molecule has 1 atom stereocenters. The minimum atomic E-state index is -0.471. The van der Waals surface area contributed by atoms with E-state index in [9.17, 15) is 10.1 Å². The molecule has 2 rings (SSSR count). The normalized spacial score (nSPS) is 12.2. The number of hydrogen-bond acceptors (Lipinski definition) is 4. The number of aryl methyl sites for hydroxylation is 1. The van der Waals surface area contributed by atoms with E-state index in [0.29, 0.717) is 0 Å². The SMILES string of the molecule is Cc1cc([N+](=O)[O-])c(Cl)cc1NC(C)c1ccsc1. The molecular formula is C13H13ClN2O2S. The van der Waals surface area contributed by atoms with Crippen LogP contribution in [-0.2, 0) is 0 Å². The molecule has 0 aliphatic heterocycles. The molecule has 0 bridgehead atoms. The van der Waals surface area contributed by atoms with E-state index in [1.54, 1.807) is 17.4 Å². The summed E-state index contributed by atoms with van der Waals surface area (Å²) in [5, 5.41) is 18.4. The molecule has 6 heteroatoms. The highest BCUT2D eigenvalue weighted by Gasteiger charge is 2.16. The molecule has 4 nitrogen and oxygen atoms in total. The summed E-state index contributed by atoms with van der Waals surface area (Å²) in [5.41, 5.74) is 2.74. The number of nitrogens with zero attached hydrogens (tertiary/aromatic N) is 1. The first-order chi connectivity index (χ1) is 8.99. The Labute approximate surface area is 120 Å². The Morgan fingerprint density at radius 3 is 2.79 bits per heavy atom. The first kappa shape index (κ1) is 13.8. The zero-order chi connectivity index (χ0) is 14.0. The van der Waals surface area contributed by atoms with Gasteiger partial charge in [0.05, 0.1) is 4.92 Å². The zero-order valence-electron chi connectivity index (χ0n) is 10.5. The molecule has 0 radical (unpaired) electrons. The molecular weight excluding hydrogens is 284 g/mol. The van der Waals surface area contributed by atoms with Crippen molar-refractivity contribution in [3.05, 3.63) is 55.2 Å². The van der Waals surface area contributed by atoms with Gasteiger partial charge in [-0.15, -0.1) is 0 Å². The number of nitrogens with one attached hydrogen (secondary N) is 1. The van der Waals surface area contributed by atoms with Gasteiger partial charge in [-0.2, -0.15) is 11.3 Å². The molecule has 1 heterocycles. The largest absolute Gasteiger partial charge is 0.378 e. The van der Waals surface area contributed by atoms with Crippen molar-refractivity contribution in [1.29, 1.82) is 0 Å². The quantitative estimate of drug-likeness (QED) is 0.652. The molecule has 0 amide bonds. The molecule has 1 unspecified atom stereocenters. The van der Waals surface area contributed by atoms with Crippen molar-refractivity contribution >= 4 is 34.3 Å². The van der Waals surface area contributed by atoms with Crippen LogP contribution in [0.2, 0.25) is 5.02 Å². The molecule has 2 aromatic rings. The van der Waals surface area contributed by atoms with Crippen molar-refractivity contribution in [2.45, 2.75) is 19.9 Å². The third-order valence-electron chi connectivity index (χ3n) is 2.91. The molecule has 0 fully saturated rings. The zero-order valence-corrected chi connectivity index (χ0v) is 12.1. The van der Waals surface area contributed by atoms with E-state index in [1.807, 2.05) is 25.3 Å². The fourth-order valence-corrected chi connectivity index (χ4v) is 2.79. The molecule has 0 spiro atoms. The highest BCUT2D eigenvalue weighted by atomic mass is 35.5. The molecule has 19 heavy (non-hydrogen) atoms. The molecule has 1 N–H and O–H groups in total. The Bertz CT molecular complexity index is 599. The van der Waals surface area contributed by atoms with Crippen molar-refractivity contribution in [3.8, 4) is 0 Å². The Morgan fingerprint density at radius 2 is 2.21 bits per heavy atom. The van der Waals surface area contributed by atoms with Crippen LogP contribution in [0.4, 0.5) is 11.4 Å². The summed E-state index contributed by atoms with van der Waals surface area (Å²) in [6.45, 7) is 3.86. The van der Waals surface area contributed by atoms with Gasteiger partial charge in [-0.05, 0) is 47.9 Å². The van der Waals surface area contributed by atoms with Gasteiger partial charge < -0.3 is 5.32 Å². The summed E-state index contributed by atoms with van der Waals surface area (Å²) < 4.78 is 0. The maximum absolute atomic E-state index is 10.8. The number of rotatable bonds is 4. The van der Waals surface area contributed by atoms with Crippen LogP contribution in [0.1, 0.15) is 24.1 Å². The first-order valence-electron chi connectivity index (χ1n) is 5.72. The third-order valence-corrected chi connectivity index (χ3v) is 3.91. The Balaban J connectivity index is 2.26. The molecule has 100 valence electrons. The highest BCUT2D eigenvalue weighted by Crippen LogP contribution is 2.32. The number of halogens is 1. The van der Waals surface area contributed by atoms with Crippen molar-refractivity contribution in [2.24, 2.45) is 0 Å². The minimum Gasteiger partial charge on any atom is -0.378 e. The number of hydrogen-bond donors (Lipinski definition) is 1. The van der Waals surface area contributed by atoms with E-state index in [1.165, 1.54) is 11.6 Å². The summed E-state index contributed by atoms with van der Waals surface area (Å²) in [6.07, 6.45) is 0. The Hall–Kier alpha value is -1.59. The van der Waals surface area contributed by atoms with Crippen molar-refractivity contribution < 1.29 is 4.92 Å². The lowest BCUT2D eigenvalue weighted by Crippen LogP contribution is -2.07. The van der Waals surface area contributed by atoms with Gasteiger partial charge in [0, 0.05) is 17.8 Å². The van der Waals surface area contributed by atoms with E-state index >= 15 is 0 Å². The lowest BCUT2D eigenvalue weighted by Gasteiger charge is -2.16. The summed E-state index contributed by atoms with van der Waals surface area (Å²) in [6, 6.07) is 5.27. The van der Waals surface area contributed by atoms with Gasteiger partial charge in [-0.1, -0.05) is 11.6 Å². The fraction of sp³-hybridized carbons (Fsp3) is 0.231. The molecule has 0 aliphatic rings. The lowest BCUT2D eigenvalue weighted by atomic mass is 10.1. The number of nitro benzene ring substituents is 1. The Kier molecular flexibility index (Phi) is 4.07. The van der Waals surface area contributed by atoms with Crippen LogP contribution < -0.4 is 5.32 Å². The van der Waals surface area contributed by atoms with E-state index in [2.05, 4.69) is 10.7 Å². The maximum atomic E-state index is 10.8. The first-order valence-corrected chi connectivity index (χ1v) is 7.04. The maximum Gasteiger partial charge on any atom is 0.288 e. The van der Waals surface area contributed by atoms with Crippen LogP contribution in [0, 0.1) is 17.0 Å². The monoisotopic (exact) mass is 296 g/mol. The Morgan fingerprint density at radius 1 is 1.47 bits per heavy atom. The number of thiophene rings is 1. The van der Waals surface area contributed by atoms with Crippen molar-refractivity contribution in [2.75, 3.05) is 5.32 Å². The lowest BCUT2D eigenvalue weighted by molar-refractivity contribution is -0.384. The van der Waals surface area contributed by atoms with Crippen LogP contribution in [0.25, 0.3) is 0 Å². The van der Waals surface area contributed by atoms with Crippen LogP contribution in [-0.4, -0.2) is 4.92 Å². The predicted molar refractivity (Wildman–Crippen MR) is 79.2 cm³/mol. The standard InChI is InChI=1S/C13H13ClN2O2S/c1-8-5-13(16(17)18)11(14)6-12(8)15-9(2)10-3-4-19-7-10/h3-7,9,15H,1-2H3. The summed E-state index contributed by atoms with van der Waals surface area (Å²) in [5.74, 6) is 0. The van der Waals surface area contributed by atoms with Crippen molar-refractivity contribution in [1.82, 2.24) is 0 Å². The minimum absolute atomic E-state index is 0.0621. The van der Waals surface area contributed by atoms with E-state index in [-0.39, 0.29) is 16.8 Å². The molecule has 0 aliphatic carbocycles. The predicted octanol–water partition coefficient (Wildman–Crippen LogP) is 4.79. The second kappa shape index (κ2) is 5.59. The van der Waals surface area contributed by atoms with Gasteiger partial charge in [0.15, 0.2) is 0 Å². The summed E-state index contributed by atoms with van der Waals surface area (Å²) in [7, 11) is 0. The van der Waals surface area contributed by atoms with Crippen LogP contribution in [0.15, 0.2) is 29.0 Å². The molecule has 0 saturated heterocycles. The van der Waals surface area contributed by atoms with Gasteiger partial charge in [-0.25, -0.2) is 0 Å². The van der Waals surface area contributed by atoms with Crippen LogP contribution in [0.5, 0.6) is 0 Å². The van der Waals surface area contributed by atoms with Crippen LogP contribution >= 0.6 is 22.9 Å².